The van der Waals surface area contributed by atoms with E-state index in [9.17, 15) is 9.59 Å². The first-order valence-electron chi connectivity index (χ1n) is 6.52. The van der Waals surface area contributed by atoms with Crippen LogP contribution in [0.25, 0.3) is 0 Å². The zero-order valence-corrected chi connectivity index (χ0v) is 13.6. The summed E-state index contributed by atoms with van der Waals surface area (Å²) in [6.07, 6.45) is 3.07. The van der Waals surface area contributed by atoms with Gasteiger partial charge in [0.2, 0.25) is 0 Å². The molecule has 0 saturated carbocycles. The molecule has 0 bridgehead atoms. The van der Waals surface area contributed by atoms with E-state index in [1.807, 2.05) is 35.0 Å². The van der Waals surface area contributed by atoms with Crippen molar-refractivity contribution in [1.82, 2.24) is 10.9 Å². The molecule has 0 radical (unpaired) electrons. The third-order valence-corrected chi connectivity index (χ3v) is 3.93. The number of hydrogen-bond acceptors (Lipinski definition) is 7. The summed E-state index contributed by atoms with van der Waals surface area (Å²) in [5.41, 5.74) is 4.62. The molecule has 2 rings (SSSR count). The van der Waals surface area contributed by atoms with E-state index in [4.69, 9.17) is 4.74 Å². The zero-order valence-electron chi connectivity index (χ0n) is 12.0. The van der Waals surface area contributed by atoms with Crippen LogP contribution in [0.5, 0.6) is 0 Å². The van der Waals surface area contributed by atoms with E-state index in [1.54, 1.807) is 0 Å². The summed E-state index contributed by atoms with van der Waals surface area (Å²) in [5, 5.41) is 11.4. The van der Waals surface area contributed by atoms with Crippen LogP contribution in [0.4, 0.5) is 0 Å². The first kappa shape index (κ1) is 17.0. The molecule has 120 valence electrons. The van der Waals surface area contributed by atoms with Gasteiger partial charge in [0.15, 0.2) is 0 Å². The summed E-state index contributed by atoms with van der Waals surface area (Å²) < 4.78 is 4.97. The van der Waals surface area contributed by atoms with E-state index in [1.165, 1.54) is 35.1 Å². The molecule has 0 fully saturated rings. The highest BCUT2D eigenvalue weighted by molar-refractivity contribution is 7.12. The highest BCUT2D eigenvalue weighted by Gasteiger charge is 2.03. The van der Waals surface area contributed by atoms with Crippen LogP contribution in [0.2, 0.25) is 0 Å². The number of carbonyl (C=O) groups is 2. The van der Waals surface area contributed by atoms with Gasteiger partial charge in [-0.1, -0.05) is 12.1 Å². The summed E-state index contributed by atoms with van der Waals surface area (Å²) in [6, 6.07) is 7.52. The average molecular weight is 350 g/mol. The number of ether oxygens (including phenoxy) is 1. The summed E-state index contributed by atoms with van der Waals surface area (Å²) in [6.45, 7) is -0.520. The molecular weight excluding hydrogens is 336 g/mol. The normalized spacial score (nSPS) is 11.1. The predicted molar refractivity (Wildman–Crippen MR) is 90.9 cm³/mol. The van der Waals surface area contributed by atoms with E-state index in [0.29, 0.717) is 0 Å². The highest BCUT2D eigenvalue weighted by Crippen LogP contribution is 2.04. The molecule has 0 aliphatic rings. The third-order valence-electron chi connectivity index (χ3n) is 2.31. The number of thiophene rings is 2. The molecule has 0 unspecified atom stereocenters. The molecule has 2 amide bonds. The Bertz CT molecular complexity index is 608. The van der Waals surface area contributed by atoms with Crippen LogP contribution in [-0.4, -0.2) is 37.5 Å². The molecule has 2 aromatic heterocycles. The second-order valence-corrected chi connectivity index (χ2v) is 6.07. The Balaban J connectivity index is 1.56. The molecule has 2 heterocycles. The standard InChI is InChI=1S/C14H14N4O3S2/c19-13(17-15-7-11-3-1-5-22-11)9-21-10-14(20)18-16-8-12-4-2-6-23-12/h1-8H,9-10H2,(H,17,19)(H,18,20)/b15-7+,16-8+. The molecule has 9 heteroatoms. The fraction of sp³-hybridized carbons (Fsp3) is 0.143. The minimum atomic E-state index is -0.437. The maximum atomic E-state index is 11.4. The third kappa shape index (κ3) is 6.96. The lowest BCUT2D eigenvalue weighted by Crippen LogP contribution is -2.28. The SMILES string of the molecule is O=C(COCC(=O)N/N=C/c1cccs1)N/N=C/c1cccs1. The molecule has 0 saturated heterocycles. The number of nitrogens with one attached hydrogen (secondary N) is 2. The van der Waals surface area contributed by atoms with Gasteiger partial charge in [-0.05, 0) is 22.9 Å². The fourth-order valence-electron chi connectivity index (χ4n) is 1.37. The second-order valence-electron chi connectivity index (χ2n) is 4.11. The van der Waals surface area contributed by atoms with Crippen LogP contribution in [-0.2, 0) is 14.3 Å². The quantitative estimate of drug-likeness (QED) is 0.557. The molecule has 7 nitrogen and oxygen atoms in total. The van der Waals surface area contributed by atoms with Crippen molar-refractivity contribution in [1.29, 1.82) is 0 Å². The van der Waals surface area contributed by atoms with Crippen molar-refractivity contribution in [2.45, 2.75) is 0 Å². The Hall–Kier alpha value is -2.36. The Kier molecular flexibility index (Phi) is 7.11. The van der Waals surface area contributed by atoms with Gasteiger partial charge in [0.25, 0.3) is 11.8 Å². The molecule has 2 aromatic rings. The van der Waals surface area contributed by atoms with Crippen molar-refractivity contribution in [3.8, 4) is 0 Å². The van der Waals surface area contributed by atoms with Crippen LogP contribution < -0.4 is 10.9 Å². The Morgan fingerprint density at radius 2 is 1.43 bits per heavy atom. The Labute approximate surface area is 140 Å². The molecule has 0 spiro atoms. The van der Waals surface area contributed by atoms with Crippen LogP contribution >= 0.6 is 22.7 Å². The van der Waals surface area contributed by atoms with Gasteiger partial charge < -0.3 is 4.74 Å². The number of nitrogens with zero attached hydrogens (tertiary/aromatic N) is 2. The first-order chi connectivity index (χ1) is 11.2. The summed E-state index contributed by atoms with van der Waals surface area (Å²) in [5.74, 6) is -0.875. The minimum Gasteiger partial charge on any atom is -0.362 e. The lowest BCUT2D eigenvalue weighted by atomic mass is 10.5. The fourth-order valence-corrected chi connectivity index (χ4v) is 2.54. The monoisotopic (exact) mass is 350 g/mol. The lowest BCUT2D eigenvalue weighted by molar-refractivity contribution is -0.130. The molecule has 2 N–H and O–H groups in total. The molecule has 0 aliphatic carbocycles. The van der Waals surface area contributed by atoms with Crippen molar-refractivity contribution in [3.05, 3.63) is 44.8 Å². The van der Waals surface area contributed by atoms with Crippen LogP contribution in [0.1, 0.15) is 9.75 Å². The average Bonchev–Trinajstić information content (AvgIpc) is 3.20. The number of hydrogen-bond donors (Lipinski definition) is 2. The number of amides is 2. The maximum Gasteiger partial charge on any atom is 0.266 e. The zero-order chi connectivity index (χ0) is 16.3. The number of carbonyl (C=O) groups excluding carboxylic acids is 2. The minimum absolute atomic E-state index is 0.260. The van der Waals surface area contributed by atoms with E-state index in [2.05, 4.69) is 21.1 Å². The summed E-state index contributed by atoms with van der Waals surface area (Å²) >= 11 is 3.01. The summed E-state index contributed by atoms with van der Waals surface area (Å²) in [4.78, 5) is 24.7. The van der Waals surface area contributed by atoms with Crippen molar-refractivity contribution in [2.24, 2.45) is 10.2 Å². The van der Waals surface area contributed by atoms with Crippen LogP contribution in [0, 0.1) is 0 Å². The van der Waals surface area contributed by atoms with Gasteiger partial charge in [0, 0.05) is 9.75 Å². The molecule has 0 aliphatic heterocycles. The number of hydrazone groups is 2. The van der Waals surface area contributed by atoms with Gasteiger partial charge in [-0.15, -0.1) is 22.7 Å². The topological polar surface area (TPSA) is 92.2 Å². The van der Waals surface area contributed by atoms with Crippen molar-refractivity contribution < 1.29 is 14.3 Å². The van der Waals surface area contributed by atoms with E-state index in [0.717, 1.165) is 9.75 Å². The van der Waals surface area contributed by atoms with E-state index >= 15 is 0 Å². The molecule has 23 heavy (non-hydrogen) atoms. The van der Waals surface area contributed by atoms with Crippen LogP contribution in [0.3, 0.4) is 0 Å². The summed E-state index contributed by atoms with van der Waals surface area (Å²) in [7, 11) is 0. The van der Waals surface area contributed by atoms with Crippen LogP contribution in [0.15, 0.2) is 45.2 Å². The Morgan fingerprint density at radius 1 is 0.957 bits per heavy atom. The Morgan fingerprint density at radius 3 is 1.83 bits per heavy atom. The maximum absolute atomic E-state index is 11.4. The van der Waals surface area contributed by atoms with Crippen molar-refractivity contribution in [3.63, 3.8) is 0 Å². The number of rotatable bonds is 8. The molecular formula is C14H14N4O3S2. The predicted octanol–water partition coefficient (Wildman–Crippen LogP) is 1.43. The van der Waals surface area contributed by atoms with E-state index in [-0.39, 0.29) is 13.2 Å². The van der Waals surface area contributed by atoms with Crippen molar-refractivity contribution >= 4 is 46.9 Å². The van der Waals surface area contributed by atoms with Gasteiger partial charge in [-0.2, -0.15) is 10.2 Å². The van der Waals surface area contributed by atoms with E-state index < -0.39 is 11.8 Å². The van der Waals surface area contributed by atoms with Gasteiger partial charge in [0.1, 0.15) is 13.2 Å². The molecule has 0 atom stereocenters. The second kappa shape index (κ2) is 9.62. The smallest absolute Gasteiger partial charge is 0.266 e. The molecule has 0 aromatic carbocycles. The van der Waals surface area contributed by atoms with Gasteiger partial charge in [0.05, 0.1) is 12.4 Å². The van der Waals surface area contributed by atoms with Crippen molar-refractivity contribution in [2.75, 3.05) is 13.2 Å². The van der Waals surface area contributed by atoms with Gasteiger partial charge in [-0.25, -0.2) is 10.9 Å². The first-order valence-corrected chi connectivity index (χ1v) is 8.28. The highest BCUT2D eigenvalue weighted by atomic mass is 32.1. The van der Waals surface area contributed by atoms with Gasteiger partial charge in [-0.3, -0.25) is 9.59 Å². The van der Waals surface area contributed by atoms with Gasteiger partial charge >= 0.3 is 0 Å². The largest absolute Gasteiger partial charge is 0.362 e. The lowest BCUT2D eigenvalue weighted by Gasteiger charge is -2.01.